The van der Waals surface area contributed by atoms with Crippen LogP contribution in [0.15, 0.2) is 24.5 Å². The van der Waals surface area contributed by atoms with Crippen molar-refractivity contribution in [1.82, 2.24) is 14.9 Å². The van der Waals surface area contributed by atoms with Crippen molar-refractivity contribution in [3.63, 3.8) is 0 Å². The number of nitrogens with zero attached hydrogens (tertiary/aromatic N) is 2. The number of rotatable bonds is 1. The summed E-state index contributed by atoms with van der Waals surface area (Å²) in [5.41, 5.74) is 8.66. The van der Waals surface area contributed by atoms with Crippen LogP contribution in [-0.2, 0) is 0 Å². The highest BCUT2D eigenvalue weighted by Crippen LogP contribution is 2.37. The number of benzene rings is 1. The number of carbonyl (C=O) groups is 1. The van der Waals surface area contributed by atoms with Crippen molar-refractivity contribution in [3.05, 3.63) is 30.1 Å². The maximum Gasteiger partial charge on any atom is 0.253 e. The molecule has 3 N–H and O–H groups in total. The molecule has 3 unspecified atom stereocenters. The molecule has 2 fully saturated rings. The molecule has 2 aromatic rings. The topological polar surface area (TPSA) is 75.0 Å². The van der Waals surface area contributed by atoms with E-state index in [9.17, 15) is 4.79 Å². The summed E-state index contributed by atoms with van der Waals surface area (Å²) >= 11 is 0. The minimum absolute atomic E-state index is 0.114. The van der Waals surface area contributed by atoms with E-state index in [4.69, 9.17) is 5.73 Å². The molecule has 1 amide bonds. The zero-order valence-electron chi connectivity index (χ0n) is 11.2. The largest absolute Gasteiger partial charge is 0.345 e. The number of carbonyl (C=O) groups excluding carboxylic acids is 1. The van der Waals surface area contributed by atoms with Crippen LogP contribution in [0.2, 0.25) is 0 Å². The van der Waals surface area contributed by atoms with Crippen molar-refractivity contribution in [2.45, 2.75) is 18.9 Å². The third-order valence-corrected chi connectivity index (χ3v) is 4.87. The van der Waals surface area contributed by atoms with Crippen molar-refractivity contribution >= 4 is 16.9 Å². The smallest absolute Gasteiger partial charge is 0.253 e. The van der Waals surface area contributed by atoms with E-state index in [-0.39, 0.29) is 11.9 Å². The molecule has 3 atom stereocenters. The van der Waals surface area contributed by atoms with Crippen molar-refractivity contribution in [1.29, 1.82) is 0 Å². The number of fused-ring (bicyclic) bond motifs is 2. The zero-order valence-corrected chi connectivity index (χ0v) is 11.2. The van der Waals surface area contributed by atoms with Gasteiger partial charge in [-0.25, -0.2) is 4.98 Å². The molecule has 0 radical (unpaired) electrons. The number of imidazole rings is 1. The van der Waals surface area contributed by atoms with Gasteiger partial charge in [-0.15, -0.1) is 0 Å². The Balaban J connectivity index is 1.58. The molecule has 5 nitrogen and oxygen atoms in total. The van der Waals surface area contributed by atoms with Gasteiger partial charge in [0.15, 0.2) is 0 Å². The van der Waals surface area contributed by atoms with Gasteiger partial charge in [-0.2, -0.15) is 0 Å². The van der Waals surface area contributed by atoms with Crippen molar-refractivity contribution in [2.75, 3.05) is 13.1 Å². The highest BCUT2D eigenvalue weighted by molar-refractivity contribution is 5.97. The van der Waals surface area contributed by atoms with Gasteiger partial charge in [0.05, 0.1) is 17.4 Å². The van der Waals surface area contributed by atoms with Gasteiger partial charge in [0, 0.05) is 24.7 Å². The molecule has 5 heteroatoms. The predicted octanol–water partition coefficient (Wildman–Crippen LogP) is 1.37. The molecule has 1 aromatic heterocycles. The maximum atomic E-state index is 12.6. The standard InChI is InChI=1S/C15H18N4O/c16-12-3-1-10-6-19(7-11(10)12)15(20)9-2-4-13-14(5-9)18-8-17-13/h2,4-5,8,10-12H,1,3,6-7,16H2,(H,17,18). The summed E-state index contributed by atoms with van der Waals surface area (Å²) in [7, 11) is 0. The monoisotopic (exact) mass is 270 g/mol. The molecular formula is C15H18N4O. The molecule has 2 heterocycles. The third-order valence-electron chi connectivity index (χ3n) is 4.87. The lowest BCUT2D eigenvalue weighted by atomic mass is 9.98. The minimum atomic E-state index is 0.114. The Bertz CT molecular complexity index is 665. The van der Waals surface area contributed by atoms with Crippen molar-refractivity contribution in [2.24, 2.45) is 17.6 Å². The Morgan fingerprint density at radius 2 is 2.25 bits per heavy atom. The summed E-state index contributed by atoms with van der Waals surface area (Å²) < 4.78 is 0. The van der Waals surface area contributed by atoms with Crippen LogP contribution < -0.4 is 5.73 Å². The van der Waals surface area contributed by atoms with Gasteiger partial charge in [-0.1, -0.05) is 0 Å². The van der Waals surface area contributed by atoms with E-state index < -0.39 is 0 Å². The van der Waals surface area contributed by atoms with Crippen molar-refractivity contribution in [3.8, 4) is 0 Å². The molecule has 1 aromatic carbocycles. The number of likely N-dealkylation sites (tertiary alicyclic amines) is 1. The third kappa shape index (κ3) is 1.73. The van der Waals surface area contributed by atoms with E-state index in [1.165, 1.54) is 0 Å². The highest BCUT2D eigenvalue weighted by atomic mass is 16.2. The van der Waals surface area contributed by atoms with Crippen LogP contribution in [0.3, 0.4) is 0 Å². The van der Waals surface area contributed by atoms with Crippen LogP contribution >= 0.6 is 0 Å². The molecule has 1 saturated heterocycles. The fraction of sp³-hybridized carbons (Fsp3) is 0.467. The first-order chi connectivity index (χ1) is 9.72. The first kappa shape index (κ1) is 11.9. The number of nitrogens with one attached hydrogen (secondary N) is 1. The van der Waals surface area contributed by atoms with Gasteiger partial charge in [0.25, 0.3) is 5.91 Å². The minimum Gasteiger partial charge on any atom is -0.345 e. The summed E-state index contributed by atoms with van der Waals surface area (Å²) in [5.74, 6) is 1.21. The molecule has 1 aliphatic heterocycles. The Morgan fingerprint density at radius 3 is 3.10 bits per heavy atom. The number of aromatic nitrogens is 2. The van der Waals surface area contributed by atoms with Gasteiger partial charge >= 0.3 is 0 Å². The second-order valence-electron chi connectivity index (χ2n) is 6.01. The maximum absolute atomic E-state index is 12.6. The fourth-order valence-electron chi connectivity index (χ4n) is 3.72. The summed E-state index contributed by atoms with van der Waals surface area (Å²) in [6.07, 6.45) is 3.92. The first-order valence-corrected chi connectivity index (χ1v) is 7.20. The normalized spacial score (nSPS) is 29.1. The molecular weight excluding hydrogens is 252 g/mol. The number of H-pyrrole nitrogens is 1. The quantitative estimate of drug-likeness (QED) is 0.822. The lowest BCUT2D eigenvalue weighted by Gasteiger charge is -2.18. The van der Waals surface area contributed by atoms with Crippen LogP contribution in [0, 0.1) is 11.8 Å². The van der Waals surface area contributed by atoms with Gasteiger partial charge in [0.2, 0.25) is 0 Å². The molecule has 20 heavy (non-hydrogen) atoms. The predicted molar refractivity (Wildman–Crippen MR) is 76.2 cm³/mol. The van der Waals surface area contributed by atoms with Crippen LogP contribution in [0.4, 0.5) is 0 Å². The Hall–Kier alpha value is -1.88. The molecule has 4 rings (SSSR count). The number of amides is 1. The molecule has 0 spiro atoms. The van der Waals surface area contributed by atoms with Gasteiger partial charge in [0.1, 0.15) is 0 Å². The lowest BCUT2D eigenvalue weighted by Crippen LogP contribution is -2.33. The Kier molecular flexibility index (Phi) is 2.57. The molecule has 0 bridgehead atoms. The number of aromatic amines is 1. The van der Waals surface area contributed by atoms with E-state index >= 15 is 0 Å². The number of hydrogen-bond donors (Lipinski definition) is 2. The summed E-state index contributed by atoms with van der Waals surface area (Å²) in [6.45, 7) is 1.67. The van der Waals surface area contributed by atoms with E-state index in [2.05, 4.69) is 9.97 Å². The second-order valence-corrected chi connectivity index (χ2v) is 6.01. The SMILES string of the molecule is NC1CCC2CN(C(=O)c3ccc4nc[nH]c4c3)CC12. The Morgan fingerprint density at radius 1 is 1.35 bits per heavy atom. The van der Waals surface area contributed by atoms with Crippen LogP contribution in [-0.4, -0.2) is 39.9 Å². The molecule has 1 saturated carbocycles. The highest BCUT2D eigenvalue weighted by Gasteiger charge is 2.42. The van der Waals surface area contributed by atoms with Gasteiger partial charge in [-0.05, 0) is 42.9 Å². The summed E-state index contributed by atoms with van der Waals surface area (Å²) in [4.78, 5) is 21.8. The zero-order chi connectivity index (χ0) is 13.7. The fourth-order valence-corrected chi connectivity index (χ4v) is 3.72. The van der Waals surface area contributed by atoms with Crippen LogP contribution in [0.25, 0.3) is 11.0 Å². The van der Waals surface area contributed by atoms with E-state index in [1.807, 2.05) is 23.1 Å². The summed E-state index contributed by atoms with van der Waals surface area (Å²) in [5, 5.41) is 0. The van der Waals surface area contributed by atoms with E-state index in [0.717, 1.165) is 42.5 Å². The van der Waals surface area contributed by atoms with E-state index in [0.29, 0.717) is 11.8 Å². The number of hydrogen-bond acceptors (Lipinski definition) is 3. The lowest BCUT2D eigenvalue weighted by molar-refractivity contribution is 0.0779. The van der Waals surface area contributed by atoms with Crippen LogP contribution in [0.5, 0.6) is 0 Å². The van der Waals surface area contributed by atoms with Crippen LogP contribution in [0.1, 0.15) is 23.2 Å². The van der Waals surface area contributed by atoms with Gasteiger partial charge < -0.3 is 15.6 Å². The van der Waals surface area contributed by atoms with Crippen molar-refractivity contribution < 1.29 is 4.79 Å². The van der Waals surface area contributed by atoms with E-state index in [1.54, 1.807) is 6.33 Å². The summed E-state index contributed by atoms with van der Waals surface area (Å²) in [6, 6.07) is 5.91. The molecule has 2 aliphatic rings. The molecule has 1 aliphatic carbocycles. The van der Waals surface area contributed by atoms with Gasteiger partial charge in [-0.3, -0.25) is 4.79 Å². The first-order valence-electron chi connectivity index (χ1n) is 7.20. The molecule has 104 valence electrons. The average Bonchev–Trinajstić information content (AvgIpc) is 3.14. The Labute approximate surface area is 117 Å². The average molecular weight is 270 g/mol. The number of nitrogens with two attached hydrogens (primary N) is 1. The second kappa shape index (κ2) is 4.31.